The Bertz CT molecular complexity index is 289. The molecule has 0 spiro atoms. The van der Waals surface area contributed by atoms with Crippen LogP contribution in [0.2, 0.25) is 0 Å². The van der Waals surface area contributed by atoms with Gasteiger partial charge in [0, 0.05) is 0 Å². The molecule has 0 radical (unpaired) electrons. The molecule has 0 heterocycles. The van der Waals surface area contributed by atoms with Gasteiger partial charge in [0.1, 0.15) is 0 Å². The fourth-order valence-corrected chi connectivity index (χ4v) is 1.99. The summed E-state index contributed by atoms with van der Waals surface area (Å²) in [5.41, 5.74) is 1.76. The maximum Gasteiger partial charge on any atom is 0.0893 e. The van der Waals surface area contributed by atoms with Crippen LogP contribution in [0.5, 0.6) is 0 Å². The van der Waals surface area contributed by atoms with Gasteiger partial charge in [0.15, 0.2) is 0 Å². The van der Waals surface area contributed by atoms with E-state index in [1.807, 2.05) is 6.92 Å². The molecule has 1 unspecified atom stereocenters. The average Bonchev–Trinajstić information content (AvgIpc) is 2.29. The van der Waals surface area contributed by atoms with Crippen LogP contribution in [0.4, 0.5) is 0 Å². The molecule has 0 aliphatic rings. The lowest BCUT2D eigenvalue weighted by Crippen LogP contribution is -2.24. The normalized spacial score (nSPS) is 14.9. The van der Waals surface area contributed by atoms with Crippen molar-refractivity contribution in [1.82, 2.24) is 0 Å². The molecule has 0 aliphatic heterocycles. The largest absolute Gasteiger partial charge is 0.385 e. The number of rotatable bonds is 5. The van der Waals surface area contributed by atoms with Crippen molar-refractivity contribution in [3.8, 4) is 0 Å². The Kier molecular flexibility index (Phi) is 4.34. The lowest BCUT2D eigenvalue weighted by molar-refractivity contribution is 0.0226. The van der Waals surface area contributed by atoms with Crippen LogP contribution in [0.1, 0.15) is 51.2 Å². The van der Waals surface area contributed by atoms with Crippen molar-refractivity contribution in [2.24, 2.45) is 0 Å². The number of hydrogen-bond acceptors (Lipinski definition) is 1. The van der Waals surface area contributed by atoms with Gasteiger partial charge < -0.3 is 5.11 Å². The van der Waals surface area contributed by atoms with Gasteiger partial charge in [0.05, 0.1) is 5.60 Å². The summed E-state index contributed by atoms with van der Waals surface area (Å²) in [6.07, 6.45) is 3.69. The minimum atomic E-state index is -0.624. The highest BCUT2D eigenvalue weighted by atomic mass is 16.3. The maximum absolute atomic E-state index is 10.5. The number of hydrogen-bond donors (Lipinski definition) is 1. The molecule has 1 aromatic rings. The van der Waals surface area contributed by atoms with Gasteiger partial charge in [-0.15, -0.1) is 0 Å². The molecule has 1 N–H and O–H groups in total. The second-order valence-corrected chi connectivity index (χ2v) is 4.19. The highest BCUT2D eigenvalue weighted by molar-refractivity contribution is 5.27. The first-order valence-electron chi connectivity index (χ1n) is 5.98. The van der Waals surface area contributed by atoms with Crippen LogP contribution < -0.4 is 0 Å². The second kappa shape index (κ2) is 5.32. The summed E-state index contributed by atoms with van der Waals surface area (Å²) >= 11 is 0. The van der Waals surface area contributed by atoms with E-state index in [0.29, 0.717) is 0 Å². The van der Waals surface area contributed by atoms with Crippen molar-refractivity contribution in [3.63, 3.8) is 0 Å². The predicted octanol–water partition coefficient (Wildman–Crippen LogP) is 3.65. The molecular formula is C14H22O. The summed E-state index contributed by atoms with van der Waals surface area (Å²) < 4.78 is 0. The lowest BCUT2D eigenvalue weighted by atomic mass is 9.86. The fourth-order valence-electron chi connectivity index (χ4n) is 1.99. The Morgan fingerprint density at radius 1 is 1.07 bits per heavy atom. The Hall–Kier alpha value is -0.820. The molecule has 1 atom stereocenters. The van der Waals surface area contributed by atoms with Crippen molar-refractivity contribution in [2.75, 3.05) is 0 Å². The van der Waals surface area contributed by atoms with Crippen molar-refractivity contribution in [1.29, 1.82) is 0 Å². The smallest absolute Gasteiger partial charge is 0.0893 e. The van der Waals surface area contributed by atoms with E-state index in [1.165, 1.54) is 5.56 Å². The SMILES string of the molecule is CCCC(O)(CC)c1ccc(CC)cc1. The van der Waals surface area contributed by atoms with Crippen molar-refractivity contribution in [2.45, 2.75) is 52.1 Å². The van der Waals surface area contributed by atoms with Crippen molar-refractivity contribution in [3.05, 3.63) is 35.4 Å². The van der Waals surface area contributed by atoms with Gasteiger partial charge in [0.25, 0.3) is 0 Å². The Morgan fingerprint density at radius 3 is 2.07 bits per heavy atom. The monoisotopic (exact) mass is 206 g/mol. The van der Waals surface area contributed by atoms with Gasteiger partial charge in [0.2, 0.25) is 0 Å². The molecule has 0 aliphatic carbocycles. The van der Waals surface area contributed by atoms with Gasteiger partial charge in [-0.2, -0.15) is 0 Å². The third-order valence-electron chi connectivity index (χ3n) is 3.15. The lowest BCUT2D eigenvalue weighted by Gasteiger charge is -2.27. The number of aryl methyl sites for hydroxylation is 1. The molecule has 1 heteroatoms. The third-order valence-corrected chi connectivity index (χ3v) is 3.15. The van der Waals surface area contributed by atoms with E-state index in [9.17, 15) is 5.11 Å². The van der Waals surface area contributed by atoms with E-state index >= 15 is 0 Å². The van der Waals surface area contributed by atoms with E-state index in [0.717, 1.165) is 31.2 Å². The van der Waals surface area contributed by atoms with E-state index in [-0.39, 0.29) is 0 Å². The van der Waals surface area contributed by atoms with Gasteiger partial charge >= 0.3 is 0 Å². The van der Waals surface area contributed by atoms with Crippen LogP contribution in [0.15, 0.2) is 24.3 Å². The highest BCUT2D eigenvalue weighted by Gasteiger charge is 2.25. The van der Waals surface area contributed by atoms with Gasteiger partial charge in [-0.25, -0.2) is 0 Å². The predicted molar refractivity (Wildman–Crippen MR) is 64.9 cm³/mol. The highest BCUT2D eigenvalue weighted by Crippen LogP contribution is 2.29. The minimum absolute atomic E-state index is 0.624. The summed E-state index contributed by atoms with van der Waals surface area (Å²) in [7, 11) is 0. The molecule has 0 saturated heterocycles. The van der Waals surface area contributed by atoms with Crippen LogP contribution >= 0.6 is 0 Å². The molecule has 0 amide bonds. The molecule has 1 aromatic carbocycles. The van der Waals surface area contributed by atoms with Gasteiger partial charge in [-0.3, -0.25) is 0 Å². The number of benzene rings is 1. The molecule has 0 fully saturated rings. The molecule has 0 aromatic heterocycles. The van der Waals surface area contributed by atoms with Crippen LogP contribution in [-0.4, -0.2) is 5.11 Å². The van der Waals surface area contributed by atoms with Gasteiger partial charge in [-0.05, 0) is 30.4 Å². The zero-order chi connectivity index (χ0) is 11.3. The summed E-state index contributed by atoms with van der Waals surface area (Å²) in [4.78, 5) is 0. The first-order valence-corrected chi connectivity index (χ1v) is 5.98. The molecular weight excluding hydrogens is 184 g/mol. The minimum Gasteiger partial charge on any atom is -0.385 e. The summed E-state index contributed by atoms with van der Waals surface area (Å²) in [5, 5.41) is 10.5. The Morgan fingerprint density at radius 2 is 1.67 bits per heavy atom. The Balaban J connectivity index is 2.92. The zero-order valence-corrected chi connectivity index (χ0v) is 10.1. The standard InChI is InChI=1S/C14H22O/c1-4-11-14(15,6-3)13-9-7-12(5-2)8-10-13/h7-10,15H,4-6,11H2,1-3H3. The van der Waals surface area contributed by atoms with Crippen molar-refractivity contribution >= 4 is 0 Å². The third kappa shape index (κ3) is 2.82. The van der Waals surface area contributed by atoms with E-state index < -0.39 is 5.60 Å². The average molecular weight is 206 g/mol. The van der Waals surface area contributed by atoms with Crippen LogP contribution in [0.3, 0.4) is 0 Å². The summed E-state index contributed by atoms with van der Waals surface area (Å²) in [6.45, 7) is 6.30. The van der Waals surface area contributed by atoms with E-state index in [4.69, 9.17) is 0 Å². The van der Waals surface area contributed by atoms with Gasteiger partial charge in [-0.1, -0.05) is 51.5 Å². The van der Waals surface area contributed by atoms with Crippen LogP contribution in [0, 0.1) is 0 Å². The van der Waals surface area contributed by atoms with Crippen LogP contribution in [0.25, 0.3) is 0 Å². The first-order chi connectivity index (χ1) is 7.16. The molecule has 0 saturated carbocycles. The summed E-state index contributed by atoms with van der Waals surface area (Å²) in [5.74, 6) is 0. The van der Waals surface area contributed by atoms with E-state index in [1.54, 1.807) is 0 Å². The topological polar surface area (TPSA) is 20.2 Å². The molecule has 84 valence electrons. The molecule has 15 heavy (non-hydrogen) atoms. The maximum atomic E-state index is 10.5. The van der Waals surface area contributed by atoms with E-state index in [2.05, 4.69) is 38.1 Å². The molecule has 1 nitrogen and oxygen atoms in total. The fraction of sp³-hybridized carbons (Fsp3) is 0.571. The zero-order valence-electron chi connectivity index (χ0n) is 10.1. The van der Waals surface area contributed by atoms with Crippen molar-refractivity contribution < 1.29 is 5.11 Å². The second-order valence-electron chi connectivity index (χ2n) is 4.19. The quantitative estimate of drug-likeness (QED) is 0.779. The first kappa shape index (κ1) is 12.3. The summed E-state index contributed by atoms with van der Waals surface area (Å²) in [6, 6.07) is 8.37. The molecule has 1 rings (SSSR count). The van der Waals surface area contributed by atoms with Crippen LogP contribution in [-0.2, 0) is 12.0 Å². The number of aliphatic hydroxyl groups is 1. The Labute approximate surface area is 93.1 Å². The molecule has 0 bridgehead atoms.